The van der Waals surface area contributed by atoms with Crippen molar-refractivity contribution in [3.8, 4) is 0 Å². The standard InChI is InChI=1S/C14H17F2NO2/c1-9-7-17(8-14(2,3)19-9)13(18)10-5-4-6-11(15)12(10)16/h4-6,9H,7-8H2,1-3H3. The summed E-state index contributed by atoms with van der Waals surface area (Å²) < 4.78 is 32.5. The zero-order valence-electron chi connectivity index (χ0n) is 11.2. The van der Waals surface area contributed by atoms with Crippen LogP contribution in [-0.4, -0.2) is 35.6 Å². The van der Waals surface area contributed by atoms with Crippen LogP contribution in [0.2, 0.25) is 0 Å². The summed E-state index contributed by atoms with van der Waals surface area (Å²) in [6.07, 6.45) is -0.135. The van der Waals surface area contributed by atoms with Crippen LogP contribution in [0.4, 0.5) is 8.78 Å². The molecule has 19 heavy (non-hydrogen) atoms. The second-order valence-electron chi connectivity index (χ2n) is 5.48. The molecule has 0 radical (unpaired) electrons. The molecule has 1 aromatic carbocycles. The Hall–Kier alpha value is -1.49. The number of nitrogens with zero attached hydrogens (tertiary/aromatic N) is 1. The number of amides is 1. The molecule has 0 spiro atoms. The fourth-order valence-corrected chi connectivity index (χ4v) is 2.45. The van der Waals surface area contributed by atoms with Gasteiger partial charge in [-0.3, -0.25) is 4.79 Å². The van der Waals surface area contributed by atoms with Crippen LogP contribution in [0.1, 0.15) is 31.1 Å². The third kappa shape index (κ3) is 2.92. The Labute approximate surface area is 111 Å². The van der Waals surface area contributed by atoms with Gasteiger partial charge in [0.05, 0.1) is 17.3 Å². The molecule has 104 valence electrons. The zero-order valence-corrected chi connectivity index (χ0v) is 11.2. The molecule has 3 nitrogen and oxygen atoms in total. The maximum absolute atomic E-state index is 13.6. The van der Waals surface area contributed by atoms with Crippen molar-refractivity contribution in [3.05, 3.63) is 35.4 Å². The molecule has 5 heteroatoms. The molecule has 1 aliphatic rings. The molecule has 1 aromatic rings. The van der Waals surface area contributed by atoms with E-state index in [1.807, 2.05) is 20.8 Å². The van der Waals surface area contributed by atoms with Crippen molar-refractivity contribution in [1.82, 2.24) is 4.90 Å². The van der Waals surface area contributed by atoms with E-state index in [4.69, 9.17) is 4.74 Å². The number of morpholine rings is 1. The summed E-state index contributed by atoms with van der Waals surface area (Å²) in [5.41, 5.74) is -0.721. The average Bonchev–Trinajstić information content (AvgIpc) is 2.29. The highest BCUT2D eigenvalue weighted by Gasteiger charge is 2.34. The summed E-state index contributed by atoms with van der Waals surface area (Å²) in [6.45, 7) is 6.31. The van der Waals surface area contributed by atoms with Crippen LogP contribution in [-0.2, 0) is 4.74 Å². The van der Waals surface area contributed by atoms with E-state index in [-0.39, 0.29) is 11.7 Å². The minimum Gasteiger partial charge on any atom is -0.369 e. The van der Waals surface area contributed by atoms with Gasteiger partial charge in [0.1, 0.15) is 0 Å². The normalized spacial score (nSPS) is 22.4. The number of carbonyl (C=O) groups excluding carboxylic acids is 1. The van der Waals surface area contributed by atoms with Gasteiger partial charge in [-0.25, -0.2) is 8.78 Å². The van der Waals surface area contributed by atoms with Gasteiger partial charge in [-0.05, 0) is 32.9 Å². The average molecular weight is 269 g/mol. The molecular formula is C14H17F2NO2. The highest BCUT2D eigenvalue weighted by molar-refractivity contribution is 5.94. The first-order valence-corrected chi connectivity index (χ1v) is 6.21. The van der Waals surface area contributed by atoms with Crippen LogP contribution in [0.15, 0.2) is 18.2 Å². The van der Waals surface area contributed by atoms with E-state index in [9.17, 15) is 13.6 Å². The molecule has 0 saturated carbocycles. The molecular weight excluding hydrogens is 252 g/mol. The summed E-state index contributed by atoms with van der Waals surface area (Å²) in [5, 5.41) is 0. The van der Waals surface area contributed by atoms with Gasteiger partial charge in [-0.15, -0.1) is 0 Å². The molecule has 1 unspecified atom stereocenters. The van der Waals surface area contributed by atoms with E-state index in [1.165, 1.54) is 17.0 Å². The Morgan fingerprint density at radius 2 is 2.11 bits per heavy atom. The van der Waals surface area contributed by atoms with Crippen LogP contribution in [0, 0.1) is 11.6 Å². The third-order valence-electron chi connectivity index (χ3n) is 3.04. The lowest BCUT2D eigenvalue weighted by atomic mass is 10.0. The van der Waals surface area contributed by atoms with Gasteiger partial charge in [0, 0.05) is 13.1 Å². The lowest BCUT2D eigenvalue weighted by Gasteiger charge is -2.41. The summed E-state index contributed by atoms with van der Waals surface area (Å²) in [7, 11) is 0. The SMILES string of the molecule is CC1CN(C(=O)c2cccc(F)c2F)CC(C)(C)O1. The number of carbonyl (C=O) groups is 1. The van der Waals surface area contributed by atoms with Crippen molar-refractivity contribution in [2.75, 3.05) is 13.1 Å². The minimum absolute atomic E-state index is 0.135. The summed E-state index contributed by atoms with van der Waals surface area (Å²) in [5.74, 6) is -2.60. The van der Waals surface area contributed by atoms with Gasteiger partial charge >= 0.3 is 0 Å². The van der Waals surface area contributed by atoms with E-state index in [2.05, 4.69) is 0 Å². The number of hydrogen-bond donors (Lipinski definition) is 0. The summed E-state index contributed by atoms with van der Waals surface area (Å²) >= 11 is 0. The molecule has 1 saturated heterocycles. The Morgan fingerprint density at radius 1 is 1.42 bits per heavy atom. The van der Waals surface area contributed by atoms with Crippen molar-refractivity contribution >= 4 is 5.91 Å². The largest absolute Gasteiger partial charge is 0.369 e. The first kappa shape index (κ1) is 13.9. The van der Waals surface area contributed by atoms with Gasteiger partial charge < -0.3 is 9.64 Å². The van der Waals surface area contributed by atoms with E-state index >= 15 is 0 Å². The predicted molar refractivity (Wildman–Crippen MR) is 66.9 cm³/mol. The molecule has 1 amide bonds. The number of hydrogen-bond acceptors (Lipinski definition) is 2. The van der Waals surface area contributed by atoms with Gasteiger partial charge in [0.15, 0.2) is 11.6 Å². The third-order valence-corrected chi connectivity index (χ3v) is 3.04. The lowest BCUT2D eigenvalue weighted by molar-refractivity contribution is -0.118. The lowest BCUT2D eigenvalue weighted by Crippen LogP contribution is -2.53. The smallest absolute Gasteiger partial charge is 0.257 e. The molecule has 0 N–H and O–H groups in total. The second kappa shape index (κ2) is 4.89. The first-order valence-electron chi connectivity index (χ1n) is 6.21. The molecule has 2 rings (SSSR count). The van der Waals surface area contributed by atoms with Crippen molar-refractivity contribution in [2.24, 2.45) is 0 Å². The quantitative estimate of drug-likeness (QED) is 0.784. The van der Waals surface area contributed by atoms with E-state index in [0.29, 0.717) is 13.1 Å². The second-order valence-corrected chi connectivity index (χ2v) is 5.48. The van der Waals surface area contributed by atoms with Crippen LogP contribution in [0.25, 0.3) is 0 Å². The van der Waals surface area contributed by atoms with Gasteiger partial charge in [0.25, 0.3) is 5.91 Å². The van der Waals surface area contributed by atoms with Gasteiger partial charge in [0.2, 0.25) is 0 Å². The number of halogens is 2. The van der Waals surface area contributed by atoms with Gasteiger partial charge in [-0.1, -0.05) is 6.07 Å². The monoisotopic (exact) mass is 269 g/mol. The van der Waals surface area contributed by atoms with E-state index in [0.717, 1.165) is 6.07 Å². The highest BCUT2D eigenvalue weighted by Crippen LogP contribution is 2.23. The minimum atomic E-state index is -1.09. The Balaban J connectivity index is 2.26. The zero-order chi connectivity index (χ0) is 14.2. The Morgan fingerprint density at radius 3 is 2.74 bits per heavy atom. The number of rotatable bonds is 1. The molecule has 1 heterocycles. The maximum atomic E-state index is 13.6. The van der Waals surface area contributed by atoms with Crippen molar-refractivity contribution in [2.45, 2.75) is 32.5 Å². The summed E-state index contributed by atoms with van der Waals surface area (Å²) in [4.78, 5) is 13.8. The molecule has 1 aliphatic heterocycles. The molecule has 0 aliphatic carbocycles. The van der Waals surface area contributed by atoms with Crippen molar-refractivity contribution in [3.63, 3.8) is 0 Å². The Bertz CT molecular complexity index is 502. The first-order chi connectivity index (χ1) is 8.80. The highest BCUT2D eigenvalue weighted by atomic mass is 19.2. The fourth-order valence-electron chi connectivity index (χ4n) is 2.45. The van der Waals surface area contributed by atoms with Crippen molar-refractivity contribution in [1.29, 1.82) is 0 Å². The van der Waals surface area contributed by atoms with Crippen LogP contribution in [0.3, 0.4) is 0 Å². The van der Waals surface area contributed by atoms with E-state index in [1.54, 1.807) is 0 Å². The molecule has 0 aromatic heterocycles. The van der Waals surface area contributed by atoms with Gasteiger partial charge in [-0.2, -0.15) is 0 Å². The van der Waals surface area contributed by atoms with E-state index < -0.39 is 23.1 Å². The number of ether oxygens (including phenoxy) is 1. The van der Waals surface area contributed by atoms with Crippen molar-refractivity contribution < 1.29 is 18.3 Å². The number of benzene rings is 1. The Kier molecular flexibility index (Phi) is 3.58. The molecule has 1 atom stereocenters. The fraction of sp³-hybridized carbons (Fsp3) is 0.500. The summed E-state index contributed by atoms with van der Waals surface area (Å²) in [6, 6.07) is 3.63. The molecule has 0 bridgehead atoms. The van der Waals surface area contributed by atoms with Crippen LogP contribution < -0.4 is 0 Å². The van der Waals surface area contributed by atoms with Crippen LogP contribution >= 0.6 is 0 Å². The maximum Gasteiger partial charge on any atom is 0.257 e. The topological polar surface area (TPSA) is 29.5 Å². The van der Waals surface area contributed by atoms with Crippen LogP contribution in [0.5, 0.6) is 0 Å². The predicted octanol–water partition coefficient (Wildman–Crippen LogP) is 2.60. The molecule has 1 fully saturated rings.